The number of primary sulfonamides is 1. The van der Waals surface area contributed by atoms with Crippen molar-refractivity contribution in [1.29, 1.82) is 0 Å². The van der Waals surface area contributed by atoms with Crippen molar-refractivity contribution in [1.82, 2.24) is 4.57 Å². The SMILES string of the molecule is NS(=O)(=O)c1ccc(N=c2scc(-c3ccc(Cl)cc3Cl)n2-c2ccccc2)cc1. The van der Waals surface area contributed by atoms with Crippen LogP contribution in [-0.4, -0.2) is 13.0 Å². The number of thiazole rings is 1. The average molecular weight is 476 g/mol. The molecule has 5 nitrogen and oxygen atoms in total. The molecule has 30 heavy (non-hydrogen) atoms. The molecule has 1 heterocycles. The Kier molecular flexibility index (Phi) is 5.81. The van der Waals surface area contributed by atoms with Gasteiger partial charge in [-0.2, -0.15) is 0 Å². The lowest BCUT2D eigenvalue weighted by atomic mass is 10.1. The smallest absolute Gasteiger partial charge is 0.238 e. The van der Waals surface area contributed by atoms with Crippen molar-refractivity contribution >= 4 is 50.2 Å². The number of halogens is 2. The second kappa shape index (κ2) is 8.37. The van der Waals surface area contributed by atoms with E-state index in [4.69, 9.17) is 33.3 Å². The number of aromatic nitrogens is 1. The summed E-state index contributed by atoms with van der Waals surface area (Å²) < 4.78 is 25.0. The minimum atomic E-state index is -3.75. The summed E-state index contributed by atoms with van der Waals surface area (Å²) in [6.45, 7) is 0. The molecule has 0 radical (unpaired) electrons. The normalized spacial score (nSPS) is 12.3. The van der Waals surface area contributed by atoms with E-state index in [-0.39, 0.29) is 4.90 Å². The van der Waals surface area contributed by atoms with Gasteiger partial charge in [-0.3, -0.25) is 4.57 Å². The average Bonchev–Trinajstić information content (AvgIpc) is 3.11. The van der Waals surface area contributed by atoms with Crippen LogP contribution in [0.5, 0.6) is 0 Å². The predicted molar refractivity (Wildman–Crippen MR) is 122 cm³/mol. The largest absolute Gasteiger partial charge is 0.285 e. The van der Waals surface area contributed by atoms with Crippen molar-refractivity contribution in [2.75, 3.05) is 0 Å². The predicted octanol–water partition coefficient (Wildman–Crippen LogP) is 5.39. The van der Waals surface area contributed by atoms with Crippen molar-refractivity contribution in [3.8, 4) is 16.9 Å². The number of nitrogens with zero attached hydrogens (tertiary/aromatic N) is 2. The third-order valence-electron chi connectivity index (χ3n) is 4.32. The molecule has 0 saturated carbocycles. The zero-order chi connectivity index (χ0) is 21.3. The Morgan fingerprint density at radius 3 is 2.27 bits per heavy atom. The van der Waals surface area contributed by atoms with Gasteiger partial charge in [-0.15, -0.1) is 11.3 Å². The minimum absolute atomic E-state index is 0.0391. The minimum Gasteiger partial charge on any atom is -0.285 e. The quantitative estimate of drug-likeness (QED) is 0.429. The zero-order valence-electron chi connectivity index (χ0n) is 15.4. The summed E-state index contributed by atoms with van der Waals surface area (Å²) >= 11 is 14.0. The first kappa shape index (κ1) is 20.8. The summed E-state index contributed by atoms with van der Waals surface area (Å²) in [6.07, 6.45) is 0. The maximum absolute atomic E-state index is 11.5. The standard InChI is InChI=1S/C21H15Cl2N3O2S2/c22-14-6-11-18(19(23)12-14)20-13-29-21(26(20)16-4-2-1-3-5-16)25-15-7-9-17(10-8-15)30(24,27)28/h1-13H,(H2,24,27,28). The molecule has 4 aromatic rings. The zero-order valence-corrected chi connectivity index (χ0v) is 18.5. The van der Waals surface area contributed by atoms with Gasteiger partial charge in [0.15, 0.2) is 4.80 Å². The molecule has 1 aromatic heterocycles. The molecule has 2 N–H and O–H groups in total. The maximum atomic E-state index is 11.5. The van der Waals surface area contributed by atoms with E-state index in [9.17, 15) is 8.42 Å². The first-order chi connectivity index (χ1) is 14.3. The summed E-state index contributed by atoms with van der Waals surface area (Å²) in [6, 6.07) is 21.2. The third kappa shape index (κ3) is 4.35. The molecule has 9 heteroatoms. The van der Waals surface area contributed by atoms with E-state index >= 15 is 0 Å². The molecule has 0 bridgehead atoms. The number of benzene rings is 3. The summed E-state index contributed by atoms with van der Waals surface area (Å²) in [4.78, 5) is 5.45. The summed E-state index contributed by atoms with van der Waals surface area (Å²) in [5.41, 5.74) is 3.21. The number of nitrogens with two attached hydrogens (primary N) is 1. The lowest BCUT2D eigenvalue weighted by Gasteiger charge is -2.11. The molecule has 0 fully saturated rings. The molecule has 0 unspecified atom stereocenters. The van der Waals surface area contributed by atoms with Crippen LogP contribution in [0.15, 0.2) is 88.1 Å². The number of hydrogen-bond acceptors (Lipinski definition) is 4. The number of hydrogen-bond donors (Lipinski definition) is 1. The van der Waals surface area contributed by atoms with Crippen molar-refractivity contribution in [3.63, 3.8) is 0 Å². The van der Waals surface area contributed by atoms with E-state index in [0.717, 1.165) is 16.9 Å². The first-order valence-electron chi connectivity index (χ1n) is 8.72. The molecular formula is C21H15Cl2N3O2S2. The summed E-state index contributed by atoms with van der Waals surface area (Å²) in [5, 5.41) is 8.24. The van der Waals surface area contributed by atoms with Crippen LogP contribution >= 0.6 is 34.5 Å². The van der Waals surface area contributed by atoms with Crippen LogP contribution in [0.2, 0.25) is 10.0 Å². The Hall–Kier alpha value is -2.42. The molecule has 0 aliphatic carbocycles. The lowest BCUT2D eigenvalue weighted by Crippen LogP contribution is -2.14. The van der Waals surface area contributed by atoms with Gasteiger partial charge >= 0.3 is 0 Å². The van der Waals surface area contributed by atoms with Crippen molar-refractivity contribution in [3.05, 3.63) is 93.0 Å². The Morgan fingerprint density at radius 1 is 0.933 bits per heavy atom. The van der Waals surface area contributed by atoms with Crippen LogP contribution in [0.1, 0.15) is 0 Å². The van der Waals surface area contributed by atoms with E-state index < -0.39 is 10.0 Å². The fraction of sp³-hybridized carbons (Fsp3) is 0. The Balaban J connectivity index is 1.91. The molecule has 0 amide bonds. The highest BCUT2D eigenvalue weighted by molar-refractivity contribution is 7.89. The maximum Gasteiger partial charge on any atom is 0.238 e. The van der Waals surface area contributed by atoms with Crippen molar-refractivity contribution < 1.29 is 8.42 Å². The van der Waals surface area contributed by atoms with Gasteiger partial charge in [-0.05, 0) is 54.6 Å². The van der Waals surface area contributed by atoms with Crippen molar-refractivity contribution in [2.45, 2.75) is 4.90 Å². The highest BCUT2D eigenvalue weighted by atomic mass is 35.5. The molecule has 3 aromatic carbocycles. The van der Waals surface area contributed by atoms with Gasteiger partial charge in [-0.1, -0.05) is 41.4 Å². The van der Waals surface area contributed by atoms with Gasteiger partial charge in [0.1, 0.15) is 0 Å². The van der Waals surface area contributed by atoms with Crippen LogP contribution in [0.4, 0.5) is 5.69 Å². The molecule has 0 saturated heterocycles. The number of sulfonamides is 1. The van der Waals surface area contributed by atoms with E-state index in [1.54, 1.807) is 24.3 Å². The van der Waals surface area contributed by atoms with Gasteiger partial charge in [0.25, 0.3) is 0 Å². The summed E-state index contributed by atoms with van der Waals surface area (Å²) in [7, 11) is -3.75. The van der Waals surface area contributed by atoms with Gasteiger partial charge in [0.05, 0.1) is 21.3 Å². The molecule has 0 spiro atoms. The fourth-order valence-corrected chi connectivity index (χ4v) is 4.86. The molecule has 0 atom stereocenters. The molecule has 152 valence electrons. The van der Waals surface area contributed by atoms with Crippen LogP contribution in [0.3, 0.4) is 0 Å². The molecule has 0 aliphatic heterocycles. The van der Waals surface area contributed by atoms with Gasteiger partial charge in [0, 0.05) is 21.7 Å². The van der Waals surface area contributed by atoms with Crippen LogP contribution in [-0.2, 0) is 10.0 Å². The van der Waals surface area contributed by atoms with Gasteiger partial charge < -0.3 is 0 Å². The monoisotopic (exact) mass is 475 g/mol. The fourth-order valence-electron chi connectivity index (χ4n) is 2.92. The Bertz CT molecular complexity index is 1380. The number of para-hydroxylation sites is 1. The highest BCUT2D eigenvalue weighted by Gasteiger charge is 2.14. The Morgan fingerprint density at radius 2 is 1.63 bits per heavy atom. The van der Waals surface area contributed by atoms with Gasteiger partial charge in [-0.25, -0.2) is 18.5 Å². The van der Waals surface area contributed by atoms with Crippen LogP contribution < -0.4 is 9.94 Å². The molecule has 4 rings (SSSR count). The lowest BCUT2D eigenvalue weighted by molar-refractivity contribution is 0.598. The van der Waals surface area contributed by atoms with E-state index in [1.165, 1.54) is 23.5 Å². The molecular weight excluding hydrogens is 461 g/mol. The third-order valence-corrected chi connectivity index (χ3v) is 6.62. The van der Waals surface area contributed by atoms with Crippen LogP contribution in [0, 0.1) is 0 Å². The van der Waals surface area contributed by atoms with Crippen molar-refractivity contribution in [2.24, 2.45) is 10.1 Å². The first-order valence-corrected chi connectivity index (χ1v) is 11.9. The van der Waals surface area contributed by atoms with E-state index in [2.05, 4.69) is 0 Å². The van der Waals surface area contributed by atoms with Gasteiger partial charge in [0.2, 0.25) is 10.0 Å². The van der Waals surface area contributed by atoms with Crippen LogP contribution in [0.25, 0.3) is 16.9 Å². The Labute approximate surface area is 187 Å². The van der Waals surface area contributed by atoms with E-state index in [1.807, 2.05) is 46.3 Å². The topological polar surface area (TPSA) is 77.5 Å². The second-order valence-corrected chi connectivity index (χ2v) is 9.59. The molecule has 0 aliphatic rings. The van der Waals surface area contributed by atoms with E-state index in [0.29, 0.717) is 20.5 Å². The highest BCUT2D eigenvalue weighted by Crippen LogP contribution is 2.32. The summed E-state index contributed by atoms with van der Waals surface area (Å²) in [5.74, 6) is 0. The number of rotatable bonds is 4. The second-order valence-electron chi connectivity index (χ2n) is 6.35.